The fraction of sp³-hybridized carbons (Fsp3) is 1.00. The maximum atomic E-state index is 11.9. The van der Waals surface area contributed by atoms with E-state index in [0.29, 0.717) is 6.42 Å². The third kappa shape index (κ3) is 1.54. The minimum absolute atomic E-state index is 0.0865. The van der Waals surface area contributed by atoms with Crippen LogP contribution in [0.2, 0.25) is 0 Å². The average molecular weight is 161 g/mol. The number of aliphatic hydroxyl groups excluding tert-OH is 1. The molecular formula is C8H16FNO. The molecule has 0 spiro atoms. The van der Waals surface area contributed by atoms with E-state index >= 15 is 0 Å². The molecule has 1 rings (SSSR count). The van der Waals surface area contributed by atoms with Crippen molar-refractivity contribution in [2.45, 2.75) is 38.3 Å². The Kier molecular flexibility index (Phi) is 1.97. The third-order valence-electron chi connectivity index (χ3n) is 2.76. The highest BCUT2D eigenvalue weighted by molar-refractivity contribution is 5.15. The molecule has 66 valence electrons. The summed E-state index contributed by atoms with van der Waals surface area (Å²) in [7, 11) is 0. The van der Waals surface area contributed by atoms with E-state index in [-0.39, 0.29) is 11.0 Å². The summed E-state index contributed by atoms with van der Waals surface area (Å²) < 4.78 is 11.9. The van der Waals surface area contributed by atoms with E-state index in [0.717, 1.165) is 6.42 Å². The summed E-state index contributed by atoms with van der Waals surface area (Å²) in [6, 6.07) is 0. The molecule has 0 aromatic rings. The van der Waals surface area contributed by atoms with E-state index in [1.807, 2.05) is 13.8 Å². The van der Waals surface area contributed by atoms with Gasteiger partial charge in [-0.1, -0.05) is 13.8 Å². The van der Waals surface area contributed by atoms with Crippen LogP contribution in [0.3, 0.4) is 0 Å². The number of halogens is 1. The van der Waals surface area contributed by atoms with Crippen LogP contribution in [0, 0.1) is 5.41 Å². The first-order valence-corrected chi connectivity index (χ1v) is 3.94. The summed E-state index contributed by atoms with van der Waals surface area (Å²) in [6.45, 7) is 3.39. The van der Waals surface area contributed by atoms with Crippen molar-refractivity contribution in [2.24, 2.45) is 11.1 Å². The zero-order valence-electron chi connectivity index (χ0n) is 7.10. The lowest BCUT2D eigenvalue weighted by molar-refractivity contribution is 0.115. The predicted molar refractivity (Wildman–Crippen MR) is 41.9 cm³/mol. The fourth-order valence-electron chi connectivity index (χ4n) is 1.57. The van der Waals surface area contributed by atoms with Gasteiger partial charge < -0.3 is 10.8 Å². The molecule has 3 heteroatoms. The second-order valence-electron chi connectivity index (χ2n) is 4.23. The molecule has 1 aliphatic rings. The molecule has 0 heterocycles. The Bertz CT molecular complexity index is 160. The monoisotopic (exact) mass is 161 g/mol. The normalized spacial score (nSPS) is 36.8. The molecule has 1 aliphatic carbocycles. The van der Waals surface area contributed by atoms with E-state index in [4.69, 9.17) is 10.8 Å². The lowest BCUT2D eigenvalue weighted by Crippen LogP contribution is -2.33. The molecule has 0 amide bonds. The van der Waals surface area contributed by atoms with Crippen LogP contribution in [0.15, 0.2) is 0 Å². The second kappa shape index (κ2) is 2.42. The smallest absolute Gasteiger partial charge is 0.115 e. The Balaban J connectivity index is 2.40. The molecule has 3 N–H and O–H groups in total. The fourth-order valence-corrected chi connectivity index (χ4v) is 1.57. The molecule has 0 aliphatic heterocycles. The van der Waals surface area contributed by atoms with Gasteiger partial charge in [0.15, 0.2) is 0 Å². The van der Waals surface area contributed by atoms with Crippen LogP contribution in [-0.2, 0) is 0 Å². The Labute approximate surface area is 66.6 Å². The van der Waals surface area contributed by atoms with Crippen molar-refractivity contribution < 1.29 is 9.50 Å². The molecular weight excluding hydrogens is 145 g/mol. The highest BCUT2D eigenvalue weighted by atomic mass is 19.1. The Morgan fingerprint density at radius 1 is 1.64 bits per heavy atom. The van der Waals surface area contributed by atoms with Crippen LogP contribution in [0.1, 0.15) is 26.7 Å². The number of alkyl halides is 1. The first kappa shape index (κ1) is 8.94. The number of rotatable bonds is 3. The lowest BCUT2D eigenvalue weighted by atomic mass is 10.00. The summed E-state index contributed by atoms with van der Waals surface area (Å²) in [5.41, 5.74) is 5.64. The van der Waals surface area contributed by atoms with Crippen molar-refractivity contribution in [3.63, 3.8) is 0 Å². The third-order valence-corrected chi connectivity index (χ3v) is 2.76. The standard InChI is InChI=1S/C8H16FNO/c1-7(2)5-8(7,10)3-6(11)4-9/h6,11H,3-5,10H2,1-2H3. The van der Waals surface area contributed by atoms with Crippen molar-refractivity contribution in [1.82, 2.24) is 0 Å². The van der Waals surface area contributed by atoms with Gasteiger partial charge in [0.2, 0.25) is 0 Å². The summed E-state index contributed by atoms with van der Waals surface area (Å²) in [4.78, 5) is 0. The molecule has 0 bridgehead atoms. The molecule has 2 nitrogen and oxygen atoms in total. The number of hydrogen-bond acceptors (Lipinski definition) is 2. The zero-order valence-corrected chi connectivity index (χ0v) is 7.10. The van der Waals surface area contributed by atoms with Crippen molar-refractivity contribution in [3.05, 3.63) is 0 Å². The van der Waals surface area contributed by atoms with E-state index < -0.39 is 12.8 Å². The Morgan fingerprint density at radius 3 is 2.36 bits per heavy atom. The number of nitrogens with two attached hydrogens (primary N) is 1. The summed E-state index contributed by atoms with van der Waals surface area (Å²) in [5, 5.41) is 9.01. The van der Waals surface area contributed by atoms with Gasteiger partial charge in [-0.05, 0) is 18.3 Å². The van der Waals surface area contributed by atoms with E-state index in [1.165, 1.54) is 0 Å². The minimum Gasteiger partial charge on any atom is -0.390 e. The van der Waals surface area contributed by atoms with Gasteiger partial charge in [-0.3, -0.25) is 0 Å². The average Bonchev–Trinajstić information content (AvgIpc) is 2.31. The van der Waals surface area contributed by atoms with Gasteiger partial charge in [0.25, 0.3) is 0 Å². The SMILES string of the molecule is CC1(C)CC1(N)CC(O)CF. The van der Waals surface area contributed by atoms with Crippen LogP contribution in [0.25, 0.3) is 0 Å². The van der Waals surface area contributed by atoms with Gasteiger partial charge in [-0.2, -0.15) is 0 Å². The molecule has 11 heavy (non-hydrogen) atoms. The van der Waals surface area contributed by atoms with Crippen molar-refractivity contribution in [2.75, 3.05) is 6.67 Å². The zero-order chi connectivity index (χ0) is 8.70. The van der Waals surface area contributed by atoms with Crippen LogP contribution in [-0.4, -0.2) is 23.4 Å². The van der Waals surface area contributed by atoms with Gasteiger partial charge >= 0.3 is 0 Å². The van der Waals surface area contributed by atoms with Gasteiger partial charge in [-0.15, -0.1) is 0 Å². The van der Waals surface area contributed by atoms with Gasteiger partial charge in [0.05, 0.1) is 6.10 Å². The summed E-state index contributed by atoms with van der Waals surface area (Å²) >= 11 is 0. The van der Waals surface area contributed by atoms with Gasteiger partial charge in [-0.25, -0.2) is 4.39 Å². The lowest BCUT2D eigenvalue weighted by Gasteiger charge is -2.16. The van der Waals surface area contributed by atoms with Crippen molar-refractivity contribution >= 4 is 0 Å². The van der Waals surface area contributed by atoms with Crippen LogP contribution >= 0.6 is 0 Å². The highest BCUT2D eigenvalue weighted by Crippen LogP contribution is 2.56. The first-order chi connectivity index (χ1) is 4.91. The Morgan fingerprint density at radius 2 is 2.09 bits per heavy atom. The number of aliphatic hydroxyl groups is 1. The molecule has 0 aromatic carbocycles. The van der Waals surface area contributed by atoms with Crippen LogP contribution < -0.4 is 5.73 Å². The maximum Gasteiger partial charge on any atom is 0.115 e. The highest BCUT2D eigenvalue weighted by Gasteiger charge is 2.58. The first-order valence-electron chi connectivity index (χ1n) is 3.94. The maximum absolute atomic E-state index is 11.9. The van der Waals surface area contributed by atoms with E-state index in [9.17, 15) is 4.39 Å². The van der Waals surface area contributed by atoms with E-state index in [2.05, 4.69) is 0 Å². The largest absolute Gasteiger partial charge is 0.390 e. The molecule has 2 unspecified atom stereocenters. The minimum atomic E-state index is -0.873. The summed E-state index contributed by atoms with van der Waals surface area (Å²) in [6.07, 6.45) is 0.398. The summed E-state index contributed by atoms with van der Waals surface area (Å²) in [5.74, 6) is 0. The van der Waals surface area contributed by atoms with Crippen LogP contribution in [0.4, 0.5) is 4.39 Å². The molecule has 0 saturated heterocycles. The van der Waals surface area contributed by atoms with Crippen molar-refractivity contribution in [3.8, 4) is 0 Å². The Hall–Kier alpha value is -0.150. The van der Waals surface area contributed by atoms with Gasteiger partial charge in [0.1, 0.15) is 6.67 Å². The second-order valence-corrected chi connectivity index (χ2v) is 4.23. The molecule has 1 saturated carbocycles. The molecule has 2 atom stereocenters. The van der Waals surface area contributed by atoms with Gasteiger partial charge in [0, 0.05) is 5.54 Å². The predicted octanol–water partition coefficient (Wildman–Crippen LogP) is 0.834. The molecule has 0 radical (unpaired) electrons. The molecule has 0 aromatic heterocycles. The quantitative estimate of drug-likeness (QED) is 0.644. The topological polar surface area (TPSA) is 46.2 Å². The number of hydrogen-bond donors (Lipinski definition) is 2. The van der Waals surface area contributed by atoms with Crippen LogP contribution in [0.5, 0.6) is 0 Å². The van der Waals surface area contributed by atoms with E-state index in [1.54, 1.807) is 0 Å². The molecule has 1 fully saturated rings. The van der Waals surface area contributed by atoms with Crippen molar-refractivity contribution in [1.29, 1.82) is 0 Å².